The molecule has 0 saturated carbocycles. The van der Waals surface area contributed by atoms with Gasteiger partial charge in [-0.2, -0.15) is 17.5 Å². The molecular weight excluding hydrogens is 558 g/mol. The Kier molecular flexibility index (Phi) is 8.81. The first-order valence-electron chi connectivity index (χ1n) is 11.3. The molecule has 3 aromatic rings. The number of alkyl halides is 3. The van der Waals surface area contributed by atoms with Crippen LogP contribution in [-0.4, -0.2) is 27.3 Å². The minimum atomic E-state index is -4.62. The second-order valence-electron chi connectivity index (χ2n) is 9.30. The van der Waals surface area contributed by atoms with Crippen LogP contribution in [0.15, 0.2) is 61.0 Å². The molecule has 7 nitrogen and oxygen atoms in total. The summed E-state index contributed by atoms with van der Waals surface area (Å²) in [7, 11) is 0. The van der Waals surface area contributed by atoms with Crippen LogP contribution in [0.1, 0.15) is 36.7 Å². The molecule has 39 heavy (non-hydrogen) atoms. The molecule has 0 unspecified atom stereocenters. The number of nitrogens with zero attached hydrogens (tertiary/aromatic N) is 2. The van der Waals surface area contributed by atoms with E-state index in [0.29, 0.717) is 4.70 Å². The average Bonchev–Trinajstić information content (AvgIpc) is 3.25. The maximum absolute atomic E-state index is 15.3. The monoisotopic (exact) mass is 581 g/mol. The third-order valence-corrected chi connectivity index (χ3v) is 6.49. The topological polar surface area (TPSA) is 96.0 Å². The minimum absolute atomic E-state index is 0.0232. The van der Waals surface area contributed by atoms with E-state index in [2.05, 4.69) is 38.5 Å². The number of anilines is 2. The molecule has 0 bridgehead atoms. The zero-order valence-corrected chi connectivity index (χ0v) is 22.7. The quantitative estimate of drug-likeness (QED) is 0.197. The molecule has 3 rings (SSSR count). The number of allylic oxidation sites excluding steroid dienone is 3. The second kappa shape index (κ2) is 11.5. The summed E-state index contributed by atoms with van der Waals surface area (Å²) in [6, 6.07) is 4.19. The highest BCUT2D eigenvalue weighted by Gasteiger charge is 2.30. The van der Waals surface area contributed by atoms with Crippen LogP contribution in [-0.2, 0) is 11.3 Å². The van der Waals surface area contributed by atoms with Crippen LogP contribution in [0.25, 0.3) is 10.2 Å². The van der Waals surface area contributed by atoms with Crippen LogP contribution in [0.2, 0.25) is 5.02 Å². The fourth-order valence-electron chi connectivity index (χ4n) is 3.14. The summed E-state index contributed by atoms with van der Waals surface area (Å²) in [6.45, 7) is 11.5. The van der Waals surface area contributed by atoms with Gasteiger partial charge in [-0.1, -0.05) is 51.6 Å². The lowest BCUT2D eigenvalue weighted by Gasteiger charge is -2.18. The average molecular weight is 582 g/mol. The van der Waals surface area contributed by atoms with Gasteiger partial charge in [0.25, 0.3) is 5.91 Å². The minimum Gasteiger partial charge on any atom is -0.351 e. The zero-order chi connectivity index (χ0) is 29.1. The number of amides is 2. The smallest absolute Gasteiger partial charge is 0.351 e. The fourth-order valence-corrected chi connectivity index (χ4v) is 4.14. The van der Waals surface area contributed by atoms with Gasteiger partial charge in [0, 0.05) is 29.4 Å². The van der Waals surface area contributed by atoms with Gasteiger partial charge in [0.15, 0.2) is 5.82 Å². The molecule has 1 aromatic carbocycles. The summed E-state index contributed by atoms with van der Waals surface area (Å²) in [5, 5.41) is 7.79. The number of carbonyl (C=O) groups is 2. The van der Waals surface area contributed by atoms with E-state index in [1.165, 1.54) is 24.4 Å². The van der Waals surface area contributed by atoms with Crippen molar-refractivity contribution in [3.63, 3.8) is 0 Å². The number of hydrogen-bond acceptors (Lipinski definition) is 6. The van der Waals surface area contributed by atoms with Gasteiger partial charge in [0.1, 0.15) is 11.3 Å². The van der Waals surface area contributed by atoms with E-state index in [-0.39, 0.29) is 45.8 Å². The summed E-state index contributed by atoms with van der Waals surface area (Å²) in [5.74, 6) is -1.93. The van der Waals surface area contributed by atoms with Gasteiger partial charge in [-0.05, 0) is 35.8 Å². The van der Waals surface area contributed by atoms with Crippen molar-refractivity contribution in [3.8, 4) is 0 Å². The van der Waals surface area contributed by atoms with Gasteiger partial charge in [-0.3, -0.25) is 14.6 Å². The molecule has 0 aliphatic rings. The number of halogens is 5. The van der Waals surface area contributed by atoms with Gasteiger partial charge >= 0.3 is 6.18 Å². The maximum Gasteiger partial charge on any atom is 0.415 e. The van der Waals surface area contributed by atoms with Crippen LogP contribution >= 0.6 is 23.1 Å². The Labute approximate surface area is 230 Å². The number of benzene rings is 1. The first-order valence-corrected chi connectivity index (χ1v) is 12.5. The van der Waals surface area contributed by atoms with Crippen LogP contribution in [0, 0.1) is 11.2 Å². The highest BCUT2D eigenvalue weighted by Crippen LogP contribution is 2.33. The Morgan fingerprint density at radius 2 is 1.85 bits per heavy atom. The maximum atomic E-state index is 15.3. The molecule has 0 saturated heterocycles. The summed E-state index contributed by atoms with van der Waals surface area (Å²) >= 11 is 7.05. The van der Waals surface area contributed by atoms with Crippen molar-refractivity contribution >= 4 is 56.7 Å². The summed E-state index contributed by atoms with van der Waals surface area (Å²) < 4.78 is 58.5. The van der Waals surface area contributed by atoms with Crippen molar-refractivity contribution in [2.75, 3.05) is 10.6 Å². The summed E-state index contributed by atoms with van der Waals surface area (Å²) in [6.07, 6.45) is -1.34. The molecule has 206 valence electrons. The Hall–Kier alpha value is -3.77. The molecule has 0 atom stereocenters. The molecule has 0 fully saturated rings. The van der Waals surface area contributed by atoms with Gasteiger partial charge in [-0.15, -0.1) is 0 Å². The van der Waals surface area contributed by atoms with Crippen LogP contribution in [0.5, 0.6) is 0 Å². The number of aromatic nitrogens is 2. The van der Waals surface area contributed by atoms with Gasteiger partial charge in [0.05, 0.1) is 26.5 Å². The fraction of sp³-hybridized carbons (Fsp3) is 0.231. The van der Waals surface area contributed by atoms with E-state index in [4.69, 9.17) is 11.6 Å². The molecule has 0 spiro atoms. The molecule has 13 heteroatoms. The third kappa shape index (κ3) is 7.01. The molecule has 0 aliphatic heterocycles. The molecule has 3 N–H and O–H groups in total. The second-order valence-corrected chi connectivity index (χ2v) is 10.5. The lowest BCUT2D eigenvalue weighted by molar-refractivity contribution is -0.128. The van der Waals surface area contributed by atoms with Crippen molar-refractivity contribution in [2.24, 2.45) is 5.41 Å². The van der Waals surface area contributed by atoms with E-state index in [0.717, 1.165) is 23.7 Å². The Morgan fingerprint density at radius 1 is 1.15 bits per heavy atom. The van der Waals surface area contributed by atoms with Crippen LogP contribution in [0.4, 0.5) is 29.1 Å². The van der Waals surface area contributed by atoms with Crippen molar-refractivity contribution in [1.29, 1.82) is 0 Å². The first kappa shape index (κ1) is 29.8. The number of fused-ring (bicyclic) bond motifs is 1. The van der Waals surface area contributed by atoms with Crippen molar-refractivity contribution in [3.05, 3.63) is 82.9 Å². The number of nitrogens with one attached hydrogen (secondary N) is 3. The lowest BCUT2D eigenvalue weighted by atomic mass is 9.95. The summed E-state index contributed by atoms with van der Waals surface area (Å²) in [5.41, 5.74) is -1.69. The summed E-state index contributed by atoms with van der Waals surface area (Å²) in [4.78, 5) is 29.4. The Balaban J connectivity index is 1.87. The van der Waals surface area contributed by atoms with Crippen LogP contribution < -0.4 is 16.0 Å². The van der Waals surface area contributed by atoms with Crippen molar-refractivity contribution in [1.82, 2.24) is 14.7 Å². The van der Waals surface area contributed by atoms with Crippen molar-refractivity contribution in [2.45, 2.75) is 33.5 Å². The van der Waals surface area contributed by atoms with Crippen LogP contribution in [0.3, 0.4) is 0 Å². The number of rotatable bonds is 8. The van der Waals surface area contributed by atoms with Crippen molar-refractivity contribution < 1.29 is 27.2 Å². The predicted octanol–water partition coefficient (Wildman–Crippen LogP) is 7.00. The van der Waals surface area contributed by atoms with E-state index >= 15 is 4.39 Å². The van der Waals surface area contributed by atoms with E-state index in [9.17, 15) is 22.8 Å². The molecule has 2 amide bonds. The normalized spacial score (nSPS) is 12.3. The SMILES string of the molecule is C=C/C(=C\C(=C)C(F)(F)F)Nc1nsc2c(NC(=O)c3c(Cl)ccc(CNC(=O)C(C)(C)C)c3F)ccnc12. The first-order chi connectivity index (χ1) is 18.1. The number of pyridine rings is 1. The molecule has 2 heterocycles. The largest absolute Gasteiger partial charge is 0.415 e. The van der Waals surface area contributed by atoms with Gasteiger partial charge in [0.2, 0.25) is 5.91 Å². The Morgan fingerprint density at radius 3 is 2.46 bits per heavy atom. The third-order valence-electron chi connectivity index (χ3n) is 5.30. The highest BCUT2D eigenvalue weighted by molar-refractivity contribution is 7.14. The molecule has 0 radical (unpaired) electrons. The van der Waals surface area contributed by atoms with Gasteiger partial charge in [-0.25, -0.2) is 4.39 Å². The van der Waals surface area contributed by atoms with E-state index < -0.39 is 34.5 Å². The zero-order valence-electron chi connectivity index (χ0n) is 21.1. The highest BCUT2D eigenvalue weighted by atomic mass is 35.5. The Bertz CT molecular complexity index is 1490. The van der Waals surface area contributed by atoms with E-state index in [1.54, 1.807) is 20.8 Å². The molecular formula is C26H24ClF4N5O2S. The number of carbonyl (C=O) groups excluding carboxylic acids is 2. The van der Waals surface area contributed by atoms with Gasteiger partial charge < -0.3 is 16.0 Å². The standard InChI is InChI=1S/C26H24ClF4N5O2S/c1-6-15(11-13(2)26(29,30)31)34-22-20-21(39-36-22)17(9-10-32-20)35-23(37)18-16(27)8-7-14(19(18)28)12-33-24(38)25(3,4)5/h6-11H,1-2,12H2,3-5H3,(H,33,38)(H,34,36)(H,32,35,37)/b15-11+. The lowest BCUT2D eigenvalue weighted by Crippen LogP contribution is -2.34. The molecule has 0 aliphatic carbocycles. The predicted molar refractivity (Wildman–Crippen MR) is 145 cm³/mol. The van der Waals surface area contributed by atoms with E-state index in [1.807, 2.05) is 0 Å². The molecule has 2 aromatic heterocycles. The number of hydrogen-bond donors (Lipinski definition) is 3.